The van der Waals surface area contributed by atoms with Crippen molar-refractivity contribution in [3.63, 3.8) is 0 Å². The number of hydrogen-bond acceptors (Lipinski definition) is 5. The van der Waals surface area contributed by atoms with Gasteiger partial charge < -0.3 is 14.4 Å². The Labute approximate surface area is 178 Å². The fraction of sp³-hybridized carbons (Fsp3) is 0.792. The van der Waals surface area contributed by atoms with E-state index in [9.17, 15) is 0 Å². The summed E-state index contributed by atoms with van der Waals surface area (Å²) >= 11 is 0. The van der Waals surface area contributed by atoms with Crippen LogP contribution in [0.15, 0.2) is 18.3 Å². The van der Waals surface area contributed by atoms with E-state index in [1.165, 1.54) is 18.7 Å². The van der Waals surface area contributed by atoms with Crippen LogP contribution in [0.5, 0.6) is 5.88 Å². The molecule has 5 heteroatoms. The van der Waals surface area contributed by atoms with Crippen molar-refractivity contribution in [3.05, 3.63) is 18.3 Å². The average Bonchev–Trinajstić information content (AvgIpc) is 2.59. The number of piperazine rings is 1. The van der Waals surface area contributed by atoms with Crippen LogP contribution < -0.4 is 9.64 Å². The zero-order valence-corrected chi connectivity index (χ0v) is 20.0. The number of nitrogens with zero attached hydrogens (tertiary/aromatic N) is 3. The van der Waals surface area contributed by atoms with Crippen LogP contribution in [0.3, 0.4) is 0 Å². The first kappa shape index (κ1) is 23.9. The number of pyridine rings is 1. The lowest BCUT2D eigenvalue weighted by Crippen LogP contribution is -2.47. The minimum absolute atomic E-state index is 0.0419. The number of ether oxygens (including phenoxy) is 2. The number of anilines is 1. The van der Waals surface area contributed by atoms with Crippen molar-refractivity contribution in [1.82, 2.24) is 9.88 Å². The first-order chi connectivity index (χ1) is 13.4. The van der Waals surface area contributed by atoms with Crippen molar-refractivity contribution in [2.75, 3.05) is 44.2 Å². The Morgan fingerprint density at radius 2 is 1.59 bits per heavy atom. The largest absolute Gasteiger partial charge is 0.472 e. The molecule has 1 saturated heterocycles. The van der Waals surface area contributed by atoms with E-state index in [0.29, 0.717) is 17.7 Å². The molecule has 29 heavy (non-hydrogen) atoms. The van der Waals surface area contributed by atoms with Crippen LogP contribution >= 0.6 is 0 Å². The molecule has 1 aliphatic heterocycles. The highest BCUT2D eigenvalue weighted by atomic mass is 16.5. The molecule has 0 saturated carbocycles. The predicted molar refractivity (Wildman–Crippen MR) is 122 cm³/mol. The van der Waals surface area contributed by atoms with E-state index in [1.54, 1.807) is 0 Å². The zero-order valence-electron chi connectivity index (χ0n) is 20.0. The SMILES string of the molecule is CC(COC(C)(C)C)CC(C)CN1CCN(c2ccc(OC(C)(C)C)nc2)CC1. The van der Waals surface area contributed by atoms with Crippen molar-refractivity contribution in [1.29, 1.82) is 0 Å². The molecule has 2 atom stereocenters. The number of aromatic nitrogens is 1. The van der Waals surface area contributed by atoms with Gasteiger partial charge in [-0.3, -0.25) is 4.90 Å². The molecule has 0 bridgehead atoms. The van der Waals surface area contributed by atoms with Gasteiger partial charge in [-0.2, -0.15) is 0 Å². The topological polar surface area (TPSA) is 37.8 Å². The van der Waals surface area contributed by atoms with Crippen LogP contribution in [0.25, 0.3) is 0 Å². The molecule has 0 aliphatic carbocycles. The first-order valence-electron chi connectivity index (χ1n) is 11.2. The van der Waals surface area contributed by atoms with Crippen LogP contribution in [0.2, 0.25) is 0 Å². The summed E-state index contributed by atoms with van der Waals surface area (Å²) in [5.74, 6) is 1.99. The van der Waals surface area contributed by atoms with Gasteiger partial charge in [0.25, 0.3) is 0 Å². The molecular weight excluding hydrogens is 362 g/mol. The van der Waals surface area contributed by atoms with Crippen molar-refractivity contribution >= 4 is 5.69 Å². The summed E-state index contributed by atoms with van der Waals surface area (Å²) in [6, 6.07) is 4.11. The van der Waals surface area contributed by atoms with Gasteiger partial charge in [0.15, 0.2) is 0 Å². The van der Waals surface area contributed by atoms with E-state index in [1.807, 2.05) is 33.0 Å². The average molecular weight is 406 g/mol. The Morgan fingerprint density at radius 3 is 2.10 bits per heavy atom. The van der Waals surface area contributed by atoms with Crippen LogP contribution in [0.4, 0.5) is 5.69 Å². The molecule has 2 rings (SSSR count). The highest BCUT2D eigenvalue weighted by molar-refractivity contribution is 5.45. The molecule has 2 heterocycles. The maximum atomic E-state index is 5.94. The van der Waals surface area contributed by atoms with E-state index in [4.69, 9.17) is 9.47 Å². The Morgan fingerprint density at radius 1 is 0.931 bits per heavy atom. The van der Waals surface area contributed by atoms with Gasteiger partial charge in [0.05, 0.1) is 17.5 Å². The summed E-state index contributed by atoms with van der Waals surface area (Å²) in [5.41, 5.74) is 0.930. The van der Waals surface area contributed by atoms with Gasteiger partial charge in [0.1, 0.15) is 5.60 Å². The standard InChI is InChI=1S/C24H43N3O2/c1-19(15-20(2)18-28-23(3,4)5)17-26-11-13-27(14-12-26)21-9-10-22(25-16-21)29-24(6,7)8/h9-10,16,19-20H,11-15,17-18H2,1-8H3. The summed E-state index contributed by atoms with van der Waals surface area (Å²) in [5, 5.41) is 0. The van der Waals surface area contributed by atoms with Crippen LogP contribution in [-0.4, -0.2) is 60.4 Å². The maximum absolute atomic E-state index is 5.94. The second-order valence-corrected chi connectivity index (χ2v) is 10.7. The Bertz CT molecular complexity index is 596. The first-order valence-corrected chi connectivity index (χ1v) is 11.2. The van der Waals surface area contributed by atoms with E-state index < -0.39 is 0 Å². The highest BCUT2D eigenvalue weighted by Crippen LogP contribution is 2.22. The van der Waals surface area contributed by atoms with E-state index in [-0.39, 0.29) is 11.2 Å². The summed E-state index contributed by atoms with van der Waals surface area (Å²) in [6.07, 6.45) is 3.16. The molecular formula is C24H43N3O2. The minimum atomic E-state index is -0.215. The monoisotopic (exact) mass is 405 g/mol. The minimum Gasteiger partial charge on any atom is -0.472 e. The number of rotatable bonds is 8. The Balaban J connectivity index is 1.73. The van der Waals surface area contributed by atoms with Crippen LogP contribution in [0.1, 0.15) is 61.8 Å². The van der Waals surface area contributed by atoms with Gasteiger partial charge in [-0.25, -0.2) is 4.98 Å². The number of hydrogen-bond donors (Lipinski definition) is 0. The second kappa shape index (κ2) is 10.1. The normalized spacial score (nSPS) is 18.6. The highest BCUT2D eigenvalue weighted by Gasteiger charge is 2.21. The zero-order chi connectivity index (χ0) is 21.7. The van der Waals surface area contributed by atoms with Crippen molar-refractivity contribution < 1.29 is 9.47 Å². The third-order valence-electron chi connectivity index (χ3n) is 5.04. The molecule has 1 fully saturated rings. The third kappa shape index (κ3) is 9.35. The molecule has 0 amide bonds. The molecule has 0 N–H and O–H groups in total. The molecule has 1 aromatic rings. The molecule has 0 spiro atoms. The van der Waals surface area contributed by atoms with Crippen molar-refractivity contribution in [2.45, 2.75) is 73.0 Å². The summed E-state index contributed by atoms with van der Waals surface area (Å²) in [7, 11) is 0. The van der Waals surface area contributed by atoms with Crippen LogP contribution in [0, 0.1) is 11.8 Å². The lowest BCUT2D eigenvalue weighted by molar-refractivity contribution is -0.0231. The smallest absolute Gasteiger partial charge is 0.213 e. The fourth-order valence-corrected chi connectivity index (χ4v) is 3.78. The van der Waals surface area contributed by atoms with Gasteiger partial charge in [-0.15, -0.1) is 0 Å². The molecule has 166 valence electrons. The molecule has 0 aromatic carbocycles. The Hall–Kier alpha value is -1.33. The van der Waals surface area contributed by atoms with E-state index in [2.05, 4.69) is 55.5 Å². The predicted octanol–water partition coefficient (Wildman–Crippen LogP) is 4.86. The van der Waals surface area contributed by atoms with Crippen molar-refractivity contribution in [3.8, 4) is 5.88 Å². The second-order valence-electron chi connectivity index (χ2n) is 10.7. The molecule has 0 radical (unpaired) electrons. The van der Waals surface area contributed by atoms with Crippen molar-refractivity contribution in [2.24, 2.45) is 11.8 Å². The van der Waals surface area contributed by atoms with Gasteiger partial charge >= 0.3 is 0 Å². The summed E-state index contributed by atoms with van der Waals surface area (Å²) in [6.45, 7) is 23.5. The van der Waals surface area contributed by atoms with Crippen LogP contribution in [-0.2, 0) is 4.74 Å². The van der Waals surface area contributed by atoms with E-state index in [0.717, 1.165) is 32.8 Å². The lowest BCUT2D eigenvalue weighted by Gasteiger charge is -2.37. The quantitative estimate of drug-likeness (QED) is 0.617. The van der Waals surface area contributed by atoms with Gasteiger partial charge in [-0.05, 0) is 65.9 Å². The molecule has 1 aromatic heterocycles. The van der Waals surface area contributed by atoms with Gasteiger partial charge in [0.2, 0.25) is 5.88 Å². The lowest BCUT2D eigenvalue weighted by atomic mass is 9.97. The summed E-state index contributed by atoms with van der Waals surface area (Å²) in [4.78, 5) is 9.51. The molecule has 2 unspecified atom stereocenters. The summed E-state index contributed by atoms with van der Waals surface area (Å²) < 4.78 is 11.8. The Kier molecular flexibility index (Phi) is 8.36. The molecule has 1 aliphatic rings. The van der Waals surface area contributed by atoms with Gasteiger partial charge in [0, 0.05) is 45.4 Å². The van der Waals surface area contributed by atoms with Gasteiger partial charge in [-0.1, -0.05) is 13.8 Å². The maximum Gasteiger partial charge on any atom is 0.213 e. The fourth-order valence-electron chi connectivity index (χ4n) is 3.78. The molecule has 5 nitrogen and oxygen atoms in total. The third-order valence-corrected chi connectivity index (χ3v) is 5.04. The van der Waals surface area contributed by atoms with E-state index >= 15 is 0 Å².